The Morgan fingerprint density at radius 2 is 2.25 bits per heavy atom. The van der Waals surface area contributed by atoms with Crippen LogP contribution < -0.4 is 10.9 Å². The first-order valence-electron chi connectivity index (χ1n) is 9.98. The molecule has 2 heterocycles. The molecule has 2 aromatic heterocycles. The smallest absolute Gasteiger partial charge is 0.262 e. The van der Waals surface area contributed by atoms with Crippen LogP contribution in [0.5, 0.6) is 0 Å². The van der Waals surface area contributed by atoms with Gasteiger partial charge in [0.05, 0.1) is 11.7 Å². The Bertz CT molecular complexity index is 1040. The van der Waals surface area contributed by atoms with Crippen molar-refractivity contribution in [3.8, 4) is 0 Å². The van der Waals surface area contributed by atoms with Crippen molar-refractivity contribution in [2.24, 2.45) is 5.92 Å². The lowest BCUT2D eigenvalue weighted by Gasteiger charge is -2.23. The molecule has 0 radical (unpaired) electrons. The van der Waals surface area contributed by atoms with E-state index in [4.69, 9.17) is 11.6 Å². The topological polar surface area (TPSA) is 46.9 Å². The van der Waals surface area contributed by atoms with Crippen LogP contribution in [0.2, 0.25) is 5.02 Å². The van der Waals surface area contributed by atoms with Crippen LogP contribution in [0.4, 0.5) is 0 Å². The summed E-state index contributed by atoms with van der Waals surface area (Å²) in [5.74, 6) is 0.574. The van der Waals surface area contributed by atoms with Gasteiger partial charge >= 0.3 is 0 Å². The van der Waals surface area contributed by atoms with Crippen molar-refractivity contribution >= 4 is 33.2 Å². The number of hydrogen-bond donors (Lipinski definition) is 1. The fourth-order valence-corrected chi connectivity index (χ4v) is 5.31. The molecule has 28 heavy (non-hydrogen) atoms. The predicted octanol–water partition coefficient (Wildman–Crippen LogP) is 4.80. The number of aromatic nitrogens is 2. The maximum Gasteiger partial charge on any atom is 0.262 e. The maximum atomic E-state index is 13.0. The quantitative estimate of drug-likeness (QED) is 0.628. The Balaban J connectivity index is 1.51. The van der Waals surface area contributed by atoms with Crippen molar-refractivity contribution in [2.75, 3.05) is 0 Å². The molecule has 1 atom stereocenters. The second kappa shape index (κ2) is 8.36. The molecule has 0 spiro atoms. The molecule has 0 aliphatic heterocycles. The van der Waals surface area contributed by atoms with Gasteiger partial charge in [-0.15, -0.1) is 11.3 Å². The molecule has 0 saturated heterocycles. The van der Waals surface area contributed by atoms with Crippen LogP contribution in [0.15, 0.2) is 35.4 Å². The fraction of sp³-hybridized carbons (Fsp3) is 0.455. The van der Waals surface area contributed by atoms with E-state index in [9.17, 15) is 4.79 Å². The molecule has 0 bridgehead atoms. The minimum atomic E-state index is 0.133. The molecular weight excluding hydrogens is 390 g/mol. The highest BCUT2D eigenvalue weighted by molar-refractivity contribution is 7.18. The number of benzene rings is 1. The number of nitrogens with zero attached hydrogens (tertiary/aromatic N) is 2. The highest BCUT2D eigenvalue weighted by atomic mass is 35.5. The molecule has 6 heteroatoms. The second-order valence-electron chi connectivity index (χ2n) is 8.06. The zero-order valence-corrected chi connectivity index (χ0v) is 17.9. The molecule has 1 aliphatic rings. The molecule has 148 valence electrons. The van der Waals surface area contributed by atoms with E-state index in [1.165, 1.54) is 16.0 Å². The summed E-state index contributed by atoms with van der Waals surface area (Å²) in [4.78, 5) is 19.8. The molecular formula is C22H26ClN3OS. The Morgan fingerprint density at radius 3 is 3.04 bits per heavy atom. The molecule has 1 N–H and O–H groups in total. The summed E-state index contributed by atoms with van der Waals surface area (Å²) in [7, 11) is 0. The Kier molecular flexibility index (Phi) is 5.85. The Labute approximate surface area is 174 Å². The summed E-state index contributed by atoms with van der Waals surface area (Å²) < 4.78 is 1.79. The van der Waals surface area contributed by atoms with Crippen LogP contribution >= 0.6 is 22.9 Å². The summed E-state index contributed by atoms with van der Waals surface area (Å²) >= 11 is 7.77. The van der Waals surface area contributed by atoms with Crippen molar-refractivity contribution in [1.82, 2.24) is 14.9 Å². The van der Waals surface area contributed by atoms with Crippen molar-refractivity contribution in [3.05, 3.63) is 62.0 Å². The average Bonchev–Trinajstić information content (AvgIpc) is 3.04. The highest BCUT2D eigenvalue weighted by Crippen LogP contribution is 2.33. The first kappa shape index (κ1) is 19.6. The van der Waals surface area contributed by atoms with E-state index in [0.717, 1.165) is 54.0 Å². The Morgan fingerprint density at radius 1 is 1.39 bits per heavy atom. The lowest BCUT2D eigenvalue weighted by atomic mass is 9.93. The van der Waals surface area contributed by atoms with Gasteiger partial charge in [-0.05, 0) is 54.9 Å². The summed E-state index contributed by atoms with van der Waals surface area (Å²) in [6.45, 7) is 5.92. The maximum absolute atomic E-state index is 13.0. The molecule has 4 nitrogen and oxygen atoms in total. The van der Waals surface area contributed by atoms with E-state index in [-0.39, 0.29) is 5.56 Å². The van der Waals surface area contributed by atoms with E-state index >= 15 is 0 Å². The van der Waals surface area contributed by atoms with Gasteiger partial charge in [0.1, 0.15) is 4.83 Å². The zero-order valence-electron chi connectivity index (χ0n) is 16.4. The van der Waals surface area contributed by atoms with Gasteiger partial charge in [0.2, 0.25) is 0 Å². The molecule has 4 rings (SSSR count). The predicted molar refractivity (Wildman–Crippen MR) is 117 cm³/mol. The van der Waals surface area contributed by atoms with Crippen LogP contribution in [0.3, 0.4) is 0 Å². The molecule has 1 unspecified atom stereocenters. The zero-order chi connectivity index (χ0) is 19.7. The molecule has 3 aromatic rings. The number of fused-ring (bicyclic) bond motifs is 3. The number of aryl methyl sites for hydroxylation is 2. The molecule has 1 aliphatic carbocycles. The monoisotopic (exact) mass is 415 g/mol. The summed E-state index contributed by atoms with van der Waals surface area (Å²) in [6, 6.07) is 8.40. The van der Waals surface area contributed by atoms with E-state index in [2.05, 4.69) is 30.2 Å². The fourth-order valence-electron chi connectivity index (χ4n) is 3.84. The second-order valence-corrected chi connectivity index (χ2v) is 9.58. The number of thiophene rings is 1. The number of nitrogens with one attached hydrogen (secondary N) is 1. The SMILES string of the molecule is CC(C)CCn1cnc2sc3c(c2c1=O)CCC(NCc1cccc(Cl)c1)C3. The number of rotatable bonds is 6. The highest BCUT2D eigenvalue weighted by Gasteiger charge is 2.25. The lowest BCUT2D eigenvalue weighted by molar-refractivity contribution is 0.462. The van der Waals surface area contributed by atoms with E-state index < -0.39 is 0 Å². The first-order chi connectivity index (χ1) is 13.5. The summed E-state index contributed by atoms with van der Waals surface area (Å²) in [6.07, 6.45) is 5.66. The van der Waals surface area contributed by atoms with Crippen molar-refractivity contribution in [3.63, 3.8) is 0 Å². The molecule has 0 amide bonds. The third-order valence-electron chi connectivity index (χ3n) is 5.47. The van der Waals surface area contributed by atoms with Gasteiger partial charge in [-0.2, -0.15) is 0 Å². The third kappa shape index (κ3) is 4.17. The minimum Gasteiger partial charge on any atom is -0.310 e. The van der Waals surface area contributed by atoms with E-state index in [0.29, 0.717) is 12.0 Å². The summed E-state index contributed by atoms with van der Waals surface area (Å²) in [5.41, 5.74) is 2.56. The van der Waals surface area contributed by atoms with Crippen molar-refractivity contribution in [2.45, 2.75) is 58.7 Å². The van der Waals surface area contributed by atoms with Gasteiger partial charge in [-0.25, -0.2) is 4.98 Å². The average molecular weight is 416 g/mol. The standard InChI is InChI=1S/C22H26ClN3OS/c1-14(2)8-9-26-13-25-21-20(22(26)27)18-7-6-17(11-19(18)28-21)24-12-15-4-3-5-16(23)10-15/h3-5,10,13-14,17,24H,6-9,11-12H2,1-2H3. The molecule has 1 aromatic carbocycles. The van der Waals surface area contributed by atoms with Gasteiger partial charge < -0.3 is 5.32 Å². The van der Waals surface area contributed by atoms with Crippen LogP contribution in [0, 0.1) is 5.92 Å². The van der Waals surface area contributed by atoms with Gasteiger partial charge in [0.15, 0.2) is 0 Å². The van der Waals surface area contributed by atoms with Gasteiger partial charge in [-0.3, -0.25) is 9.36 Å². The minimum absolute atomic E-state index is 0.133. The van der Waals surface area contributed by atoms with Gasteiger partial charge in [0.25, 0.3) is 5.56 Å². The normalized spacial score (nSPS) is 16.6. The van der Waals surface area contributed by atoms with Crippen molar-refractivity contribution < 1.29 is 0 Å². The van der Waals surface area contributed by atoms with Crippen LogP contribution in [-0.2, 0) is 25.9 Å². The van der Waals surface area contributed by atoms with Crippen LogP contribution in [-0.4, -0.2) is 15.6 Å². The van der Waals surface area contributed by atoms with Gasteiger partial charge in [0, 0.05) is 29.0 Å². The number of hydrogen-bond acceptors (Lipinski definition) is 4. The van der Waals surface area contributed by atoms with Crippen molar-refractivity contribution in [1.29, 1.82) is 0 Å². The van der Waals surface area contributed by atoms with Gasteiger partial charge in [-0.1, -0.05) is 37.6 Å². The van der Waals surface area contributed by atoms with Crippen LogP contribution in [0.1, 0.15) is 42.7 Å². The van der Waals surface area contributed by atoms with E-state index in [1.807, 2.05) is 18.2 Å². The number of halogens is 1. The lowest BCUT2D eigenvalue weighted by Crippen LogP contribution is -2.33. The van der Waals surface area contributed by atoms with E-state index in [1.54, 1.807) is 22.2 Å². The van der Waals surface area contributed by atoms with Crippen LogP contribution in [0.25, 0.3) is 10.2 Å². The third-order valence-corrected chi connectivity index (χ3v) is 6.86. The first-order valence-corrected chi connectivity index (χ1v) is 11.2. The largest absolute Gasteiger partial charge is 0.310 e. The molecule has 0 saturated carbocycles. The Hall–Kier alpha value is -1.69. The summed E-state index contributed by atoms with van der Waals surface area (Å²) in [5, 5.41) is 5.29. The molecule has 0 fully saturated rings.